The van der Waals surface area contributed by atoms with Crippen molar-refractivity contribution < 1.29 is 9.53 Å². The number of pyridine rings is 1. The Balaban J connectivity index is 1.83. The van der Waals surface area contributed by atoms with Crippen molar-refractivity contribution in [2.75, 3.05) is 20.1 Å². The highest BCUT2D eigenvalue weighted by Crippen LogP contribution is 2.12. The Morgan fingerprint density at radius 1 is 1.36 bits per heavy atom. The molecule has 1 aliphatic rings. The fraction of sp³-hybridized carbons (Fsp3) is 0.647. The number of rotatable bonds is 4. The first-order valence-electron chi connectivity index (χ1n) is 7.94. The maximum absolute atomic E-state index is 11.9. The van der Waals surface area contributed by atoms with Gasteiger partial charge >= 0.3 is 5.97 Å². The van der Waals surface area contributed by atoms with Crippen LogP contribution in [0, 0.1) is 0 Å². The zero-order chi connectivity index (χ0) is 16.2. The Morgan fingerprint density at radius 2 is 2.05 bits per heavy atom. The Bertz CT molecular complexity index is 486. The van der Waals surface area contributed by atoms with Gasteiger partial charge in [-0.2, -0.15) is 0 Å². The summed E-state index contributed by atoms with van der Waals surface area (Å²) in [6.45, 7) is 8.64. The predicted octanol–water partition coefficient (Wildman–Crippen LogP) is 2.22. The Kier molecular flexibility index (Phi) is 5.53. The van der Waals surface area contributed by atoms with Crippen molar-refractivity contribution in [2.45, 2.75) is 51.8 Å². The van der Waals surface area contributed by atoms with E-state index >= 15 is 0 Å². The lowest BCUT2D eigenvalue weighted by atomic mass is 10.1. The molecule has 1 aromatic rings. The monoisotopic (exact) mass is 305 g/mol. The average molecular weight is 305 g/mol. The molecule has 0 spiro atoms. The molecule has 0 atom stereocenters. The molecule has 2 rings (SSSR count). The molecular weight excluding hydrogens is 278 g/mol. The molecule has 0 radical (unpaired) electrons. The number of esters is 1. The quantitative estimate of drug-likeness (QED) is 0.865. The molecule has 0 aliphatic carbocycles. The summed E-state index contributed by atoms with van der Waals surface area (Å²) in [5, 5.41) is 3.56. The molecule has 0 aromatic carbocycles. The van der Waals surface area contributed by atoms with E-state index in [2.05, 4.69) is 22.2 Å². The smallest absolute Gasteiger partial charge is 0.357 e. The van der Waals surface area contributed by atoms with Crippen molar-refractivity contribution in [2.24, 2.45) is 0 Å². The second-order valence-corrected chi connectivity index (χ2v) is 7.01. The molecular formula is C17H27N3O2. The predicted molar refractivity (Wildman–Crippen MR) is 86.8 cm³/mol. The van der Waals surface area contributed by atoms with Crippen LogP contribution in [-0.4, -0.2) is 47.6 Å². The zero-order valence-corrected chi connectivity index (χ0v) is 14.1. The maximum Gasteiger partial charge on any atom is 0.357 e. The van der Waals surface area contributed by atoms with Crippen LogP contribution in [0.25, 0.3) is 0 Å². The molecule has 1 saturated heterocycles. The normalized spacial score (nSPS) is 17.5. The summed E-state index contributed by atoms with van der Waals surface area (Å²) in [4.78, 5) is 18.5. The number of hydrogen-bond donors (Lipinski definition) is 1. The van der Waals surface area contributed by atoms with Gasteiger partial charge in [0.25, 0.3) is 0 Å². The van der Waals surface area contributed by atoms with Crippen molar-refractivity contribution in [3.63, 3.8) is 0 Å². The molecule has 5 nitrogen and oxygen atoms in total. The minimum Gasteiger partial charge on any atom is -0.455 e. The Labute approximate surface area is 133 Å². The lowest BCUT2D eigenvalue weighted by Gasteiger charge is -2.29. The first-order chi connectivity index (χ1) is 10.3. The molecule has 1 aliphatic heterocycles. The molecule has 0 saturated carbocycles. The number of aromatic nitrogens is 1. The molecule has 2 heterocycles. The van der Waals surface area contributed by atoms with E-state index in [0.29, 0.717) is 11.7 Å². The fourth-order valence-electron chi connectivity index (χ4n) is 2.46. The third kappa shape index (κ3) is 5.39. The van der Waals surface area contributed by atoms with Crippen LogP contribution in [0.15, 0.2) is 18.3 Å². The van der Waals surface area contributed by atoms with Crippen molar-refractivity contribution in [1.29, 1.82) is 0 Å². The third-order valence-corrected chi connectivity index (χ3v) is 3.75. The summed E-state index contributed by atoms with van der Waals surface area (Å²) in [5.41, 5.74) is 0.955. The van der Waals surface area contributed by atoms with E-state index in [-0.39, 0.29) is 5.97 Å². The third-order valence-electron chi connectivity index (χ3n) is 3.75. The summed E-state index contributed by atoms with van der Waals surface area (Å²) in [6, 6.07) is 4.25. The number of nitrogens with zero attached hydrogens (tertiary/aromatic N) is 2. The molecule has 0 amide bonds. The first-order valence-corrected chi connectivity index (χ1v) is 7.94. The first kappa shape index (κ1) is 16.9. The molecule has 22 heavy (non-hydrogen) atoms. The number of carbonyl (C=O) groups is 1. The van der Waals surface area contributed by atoms with Gasteiger partial charge in [0.15, 0.2) is 0 Å². The summed E-state index contributed by atoms with van der Waals surface area (Å²) < 4.78 is 5.31. The van der Waals surface area contributed by atoms with Gasteiger partial charge in [-0.15, -0.1) is 0 Å². The standard InChI is InChI=1S/C17H27N3O2/c1-17(2,3)22-16(21)15-6-5-13(12-19-15)11-18-14-7-9-20(4)10-8-14/h5-6,12,14,18H,7-11H2,1-4H3. The van der Waals surface area contributed by atoms with Crippen LogP contribution in [-0.2, 0) is 11.3 Å². The van der Waals surface area contributed by atoms with Crippen LogP contribution in [0.3, 0.4) is 0 Å². The number of likely N-dealkylation sites (tertiary alicyclic amines) is 1. The van der Waals surface area contributed by atoms with Crippen molar-refractivity contribution in [1.82, 2.24) is 15.2 Å². The van der Waals surface area contributed by atoms with Gasteiger partial charge < -0.3 is 15.0 Å². The molecule has 1 N–H and O–H groups in total. The second-order valence-electron chi connectivity index (χ2n) is 7.01. The zero-order valence-electron chi connectivity index (χ0n) is 14.1. The van der Waals surface area contributed by atoms with E-state index in [9.17, 15) is 4.79 Å². The number of piperidine rings is 1. The highest BCUT2D eigenvalue weighted by molar-refractivity contribution is 5.87. The van der Waals surface area contributed by atoms with Gasteiger partial charge in [0.2, 0.25) is 0 Å². The lowest BCUT2D eigenvalue weighted by molar-refractivity contribution is 0.00628. The maximum atomic E-state index is 11.9. The number of ether oxygens (including phenoxy) is 1. The van der Waals surface area contributed by atoms with Gasteiger partial charge in [-0.05, 0) is 65.4 Å². The number of hydrogen-bond acceptors (Lipinski definition) is 5. The van der Waals surface area contributed by atoms with Crippen molar-refractivity contribution >= 4 is 5.97 Å². The van der Waals surface area contributed by atoms with Gasteiger partial charge in [-0.25, -0.2) is 9.78 Å². The van der Waals surface area contributed by atoms with Crippen molar-refractivity contribution in [3.8, 4) is 0 Å². The molecule has 5 heteroatoms. The van der Waals surface area contributed by atoms with Gasteiger partial charge in [-0.1, -0.05) is 6.07 Å². The molecule has 1 fully saturated rings. The Hall–Kier alpha value is -1.46. The summed E-state index contributed by atoms with van der Waals surface area (Å²) in [6.07, 6.45) is 4.11. The van der Waals surface area contributed by atoms with Crippen LogP contribution in [0.4, 0.5) is 0 Å². The minimum atomic E-state index is -0.493. The van der Waals surface area contributed by atoms with E-state index in [1.807, 2.05) is 26.8 Å². The van der Waals surface area contributed by atoms with E-state index in [4.69, 9.17) is 4.74 Å². The van der Waals surface area contributed by atoms with Crippen LogP contribution >= 0.6 is 0 Å². The lowest BCUT2D eigenvalue weighted by Crippen LogP contribution is -2.40. The van der Waals surface area contributed by atoms with E-state index in [0.717, 1.165) is 25.2 Å². The average Bonchev–Trinajstić information content (AvgIpc) is 2.45. The van der Waals surface area contributed by atoms with Crippen LogP contribution < -0.4 is 5.32 Å². The minimum absolute atomic E-state index is 0.359. The number of nitrogens with one attached hydrogen (secondary N) is 1. The van der Waals surface area contributed by atoms with Crippen LogP contribution in [0.2, 0.25) is 0 Å². The topological polar surface area (TPSA) is 54.5 Å². The number of carbonyl (C=O) groups excluding carboxylic acids is 1. The van der Waals surface area contributed by atoms with Crippen molar-refractivity contribution in [3.05, 3.63) is 29.6 Å². The second kappa shape index (κ2) is 7.20. The highest BCUT2D eigenvalue weighted by atomic mass is 16.6. The van der Waals surface area contributed by atoms with Gasteiger partial charge in [0, 0.05) is 18.8 Å². The van der Waals surface area contributed by atoms with E-state index in [1.54, 1.807) is 12.3 Å². The van der Waals surface area contributed by atoms with Gasteiger partial charge in [-0.3, -0.25) is 0 Å². The van der Waals surface area contributed by atoms with Crippen LogP contribution in [0.5, 0.6) is 0 Å². The summed E-state index contributed by atoms with van der Waals surface area (Å²) in [5.74, 6) is -0.373. The van der Waals surface area contributed by atoms with Gasteiger partial charge in [0.05, 0.1) is 0 Å². The fourth-order valence-corrected chi connectivity index (χ4v) is 2.46. The Morgan fingerprint density at radius 3 is 2.59 bits per heavy atom. The highest BCUT2D eigenvalue weighted by Gasteiger charge is 2.19. The summed E-state index contributed by atoms with van der Waals surface area (Å²) >= 11 is 0. The van der Waals surface area contributed by atoms with E-state index in [1.165, 1.54) is 12.8 Å². The SMILES string of the molecule is CN1CCC(NCc2ccc(C(=O)OC(C)(C)C)nc2)CC1. The molecule has 0 unspecified atom stereocenters. The van der Waals surface area contributed by atoms with Crippen LogP contribution in [0.1, 0.15) is 49.7 Å². The largest absolute Gasteiger partial charge is 0.455 e. The molecule has 0 bridgehead atoms. The van der Waals surface area contributed by atoms with E-state index < -0.39 is 5.60 Å². The molecule has 122 valence electrons. The summed E-state index contributed by atoms with van der Waals surface area (Å²) in [7, 11) is 2.16. The molecule has 1 aromatic heterocycles. The van der Waals surface area contributed by atoms with Gasteiger partial charge in [0.1, 0.15) is 11.3 Å².